The van der Waals surface area contributed by atoms with Crippen molar-refractivity contribution in [2.24, 2.45) is 0 Å². The van der Waals surface area contributed by atoms with Gasteiger partial charge in [-0.05, 0) is 144 Å². The minimum absolute atomic E-state index is 0. The molecule has 0 saturated heterocycles. The van der Waals surface area contributed by atoms with Crippen molar-refractivity contribution < 1.29 is 25.3 Å². The van der Waals surface area contributed by atoms with Gasteiger partial charge in [-0.2, -0.15) is 0 Å². The molecule has 0 unspecified atom stereocenters. The van der Waals surface area contributed by atoms with Crippen LogP contribution in [0.5, 0.6) is 0 Å². The zero-order valence-corrected chi connectivity index (χ0v) is 56.4. The number of nitrogens with zero attached hydrogens (tertiary/aromatic N) is 5. The zero-order chi connectivity index (χ0) is 61.3. The van der Waals surface area contributed by atoms with Gasteiger partial charge in [0.1, 0.15) is 5.69 Å². The van der Waals surface area contributed by atoms with Gasteiger partial charge in [-0.25, -0.2) is 9.97 Å². The second-order valence-corrected chi connectivity index (χ2v) is 32.0. The molecule has 3 aromatic heterocycles. The van der Waals surface area contributed by atoms with E-state index in [1.165, 1.54) is 22.3 Å². The van der Waals surface area contributed by atoms with Crippen molar-refractivity contribution in [3.05, 3.63) is 174 Å². The molecule has 0 amide bonds. The second-order valence-electron chi connectivity index (χ2n) is 32.0. The molecule has 2 aliphatic heterocycles. The summed E-state index contributed by atoms with van der Waals surface area (Å²) in [6, 6.07) is 35.7. The van der Waals surface area contributed by atoms with Crippen molar-refractivity contribution in [1.29, 1.82) is 0 Å². The van der Waals surface area contributed by atoms with Gasteiger partial charge >= 0.3 is 20.4 Å². The van der Waals surface area contributed by atoms with Crippen molar-refractivity contribution >= 4 is 46.0 Å². The number of aromatic nitrogens is 4. The SMILES string of the molecule is CC(C)(C)c1cc(-c2c3nc(c(-c4cc(C(C)(C)C)cc(C(C)(C)C)c4)c4ccc([n-]4)c(-c4cc(C(C)(C)C)cc(C(C)(C)C)c4)c4nc(c(-c5cc(C(C)(C)C)cc(C(C)(C)C)c5)c5ccc2[n-]5)C=C4[N+](=O)[O-])C=C3)cc(C(C)(C)C)c1.[Pd+2]. The van der Waals surface area contributed by atoms with Crippen LogP contribution in [0.1, 0.15) is 233 Å². The maximum absolute atomic E-state index is 14.1. The molecule has 84 heavy (non-hydrogen) atoms. The molecule has 2 aliphatic rings. The van der Waals surface area contributed by atoms with E-state index in [1.54, 1.807) is 6.08 Å². The number of benzene rings is 4. The Morgan fingerprint density at radius 2 is 0.560 bits per heavy atom. The molecule has 8 heteroatoms. The number of hydrogen-bond donors (Lipinski definition) is 0. The van der Waals surface area contributed by atoms with Crippen LogP contribution in [0.15, 0.2) is 97.1 Å². The Morgan fingerprint density at radius 1 is 0.333 bits per heavy atom. The van der Waals surface area contributed by atoms with E-state index in [-0.39, 0.29) is 80.1 Å². The van der Waals surface area contributed by atoms with Gasteiger partial charge in [0.2, 0.25) is 0 Å². The Kier molecular flexibility index (Phi) is 16.3. The van der Waals surface area contributed by atoms with Gasteiger partial charge in [-0.15, -0.1) is 22.1 Å². The Labute approximate surface area is 516 Å². The Balaban J connectivity index is 0.00000920. The predicted octanol–water partition coefficient (Wildman–Crippen LogP) is 20.6. The molecule has 7 nitrogen and oxygen atoms in total. The van der Waals surface area contributed by atoms with E-state index in [0.717, 1.165) is 72.5 Å². The molecule has 0 N–H and O–H groups in total. The van der Waals surface area contributed by atoms with E-state index in [9.17, 15) is 10.1 Å². The average Bonchev–Trinajstić information content (AvgIpc) is 2.94. The third-order valence-corrected chi connectivity index (χ3v) is 16.7. The summed E-state index contributed by atoms with van der Waals surface area (Å²) in [6.45, 7) is 53.9. The van der Waals surface area contributed by atoms with Crippen molar-refractivity contribution in [3.8, 4) is 44.5 Å². The van der Waals surface area contributed by atoms with Crippen molar-refractivity contribution in [1.82, 2.24) is 19.9 Å². The van der Waals surface area contributed by atoms with Crippen LogP contribution in [0.2, 0.25) is 0 Å². The van der Waals surface area contributed by atoms with Crippen LogP contribution < -0.4 is 9.97 Å². The fraction of sp³-hybridized carbons (Fsp3) is 0.421. The van der Waals surface area contributed by atoms with E-state index < -0.39 is 0 Å². The van der Waals surface area contributed by atoms with E-state index in [0.29, 0.717) is 33.4 Å². The van der Waals surface area contributed by atoms with Crippen LogP contribution in [0.4, 0.5) is 0 Å². The molecule has 442 valence electrons. The number of nitro groups is 1. The fourth-order valence-electron chi connectivity index (χ4n) is 11.0. The topological polar surface area (TPSA) is 97.1 Å². The molecular formula is C76H91N5O2Pd. The summed E-state index contributed by atoms with van der Waals surface area (Å²) in [7, 11) is 0. The van der Waals surface area contributed by atoms with Gasteiger partial charge in [0, 0.05) is 6.08 Å². The van der Waals surface area contributed by atoms with Gasteiger partial charge in [0.25, 0.3) is 5.70 Å². The quantitative estimate of drug-likeness (QED) is 0.0967. The summed E-state index contributed by atoms with van der Waals surface area (Å²) < 4.78 is 0. The van der Waals surface area contributed by atoms with E-state index in [4.69, 9.17) is 19.9 Å². The molecule has 0 spiro atoms. The molecule has 0 aliphatic carbocycles. The molecule has 7 aromatic rings. The fourth-order valence-corrected chi connectivity index (χ4v) is 11.0. The number of rotatable bonds is 5. The predicted molar refractivity (Wildman–Crippen MR) is 354 cm³/mol. The first-order chi connectivity index (χ1) is 38.0. The van der Waals surface area contributed by atoms with Crippen LogP contribution in [0.25, 0.3) is 90.5 Å². The van der Waals surface area contributed by atoms with Crippen molar-refractivity contribution in [2.75, 3.05) is 0 Å². The summed E-state index contributed by atoms with van der Waals surface area (Å²) in [4.78, 5) is 36.7. The van der Waals surface area contributed by atoms with Crippen LogP contribution >= 0.6 is 0 Å². The first-order valence-corrected chi connectivity index (χ1v) is 29.9. The molecule has 5 heterocycles. The van der Waals surface area contributed by atoms with Crippen molar-refractivity contribution in [2.45, 2.75) is 209 Å². The standard InChI is InChI=1S/C76H91N5O2.Pd/c1-69(2,3)48-31-44(32-49(39-48)70(4,5)6)64-56-25-26-57(77-56)65(45-33-50(71(7,8)9)40-51(34-45)72(10,11)12)59-29-30-61(79-59)67(47-37-54(75(19,20)21)42-55(38-47)76(22,23)24)68-63(81(82)83)43-62(80-68)66(60-28-27-58(64)78-60)46-35-52(73(13,14)15)41-53(36-46)74(16,17)18;/h25-43H,1-24H3;/q-2;+2. The molecule has 0 radical (unpaired) electrons. The molecule has 0 fully saturated rings. The second kappa shape index (κ2) is 21.5. The number of hydrogen-bond acceptors (Lipinski definition) is 4. The Bertz CT molecular complexity index is 3880. The molecule has 4 aromatic carbocycles. The normalized spacial score (nSPS) is 13.7. The van der Waals surface area contributed by atoms with Crippen LogP contribution in [0.3, 0.4) is 0 Å². The summed E-state index contributed by atoms with van der Waals surface area (Å²) in [5.74, 6) is 0. The summed E-state index contributed by atoms with van der Waals surface area (Å²) in [5, 5.41) is 14.1. The molecule has 0 atom stereocenters. The van der Waals surface area contributed by atoms with E-state index in [2.05, 4.69) is 269 Å². The van der Waals surface area contributed by atoms with Crippen molar-refractivity contribution in [3.63, 3.8) is 0 Å². The Hall–Kier alpha value is -6.46. The molecule has 9 rings (SSSR count). The maximum atomic E-state index is 14.1. The molecular weight excluding hydrogens is 1120 g/mol. The van der Waals surface area contributed by atoms with Crippen LogP contribution in [-0.4, -0.2) is 14.9 Å². The van der Waals surface area contributed by atoms with Gasteiger partial charge in [-0.3, -0.25) is 10.1 Å². The molecule has 8 bridgehead atoms. The Morgan fingerprint density at radius 3 is 0.798 bits per heavy atom. The van der Waals surface area contributed by atoms with Crippen LogP contribution in [0, 0.1) is 10.1 Å². The minimum Gasteiger partial charge on any atom is -0.657 e. The van der Waals surface area contributed by atoms with Crippen LogP contribution in [-0.2, 0) is 63.7 Å². The smallest absolute Gasteiger partial charge is 0.657 e. The van der Waals surface area contributed by atoms with Gasteiger partial charge in [0.05, 0.1) is 22.0 Å². The largest absolute Gasteiger partial charge is 2.00 e. The first-order valence-electron chi connectivity index (χ1n) is 29.9. The monoisotopic (exact) mass is 1210 g/mol. The van der Waals surface area contributed by atoms with E-state index in [1.807, 2.05) is 6.07 Å². The van der Waals surface area contributed by atoms with Gasteiger partial charge in [-0.1, -0.05) is 263 Å². The molecule has 0 saturated carbocycles. The third-order valence-electron chi connectivity index (χ3n) is 16.7. The summed E-state index contributed by atoms with van der Waals surface area (Å²) >= 11 is 0. The minimum atomic E-state index is -0.268. The number of fused-ring (bicyclic) bond motifs is 8. The van der Waals surface area contributed by atoms with Gasteiger partial charge < -0.3 is 9.97 Å². The first kappa shape index (κ1) is 63.6. The summed E-state index contributed by atoms with van der Waals surface area (Å²) in [6.07, 6.45) is 5.98. The summed E-state index contributed by atoms with van der Waals surface area (Å²) in [5.41, 5.74) is 19.3. The zero-order valence-electron chi connectivity index (χ0n) is 54.8. The maximum Gasteiger partial charge on any atom is 2.00 e. The average molecular weight is 1210 g/mol. The van der Waals surface area contributed by atoms with Gasteiger partial charge in [0.15, 0.2) is 0 Å². The van der Waals surface area contributed by atoms with E-state index >= 15 is 0 Å². The third kappa shape index (κ3) is 12.9.